The number of nitrogens with one attached hydrogen (secondary N) is 2. The molecule has 3 rings (SSSR count). The number of ether oxygens (including phenoxy) is 2. The number of anilines is 2. The van der Waals surface area contributed by atoms with Crippen LogP contribution in [0.3, 0.4) is 0 Å². The molecule has 1 heterocycles. The number of fused-ring (bicyclic) bond motifs is 1. The van der Waals surface area contributed by atoms with Crippen LogP contribution in [-0.2, 0) is 16.0 Å². The predicted molar refractivity (Wildman–Crippen MR) is 90.5 cm³/mol. The van der Waals surface area contributed by atoms with Crippen LogP contribution < -0.4 is 20.1 Å². The molecule has 124 valence electrons. The highest BCUT2D eigenvalue weighted by Crippen LogP contribution is 2.32. The number of amides is 2. The largest absolute Gasteiger partial charge is 0.496 e. The summed E-state index contributed by atoms with van der Waals surface area (Å²) in [6.45, 7) is 1.68. The van der Waals surface area contributed by atoms with Crippen LogP contribution in [-0.4, -0.2) is 25.0 Å². The van der Waals surface area contributed by atoms with Gasteiger partial charge in [-0.05, 0) is 31.2 Å². The summed E-state index contributed by atoms with van der Waals surface area (Å²) in [5.74, 6) is 0.883. The van der Waals surface area contributed by atoms with Gasteiger partial charge >= 0.3 is 0 Å². The highest BCUT2D eigenvalue weighted by molar-refractivity contribution is 5.99. The SMILES string of the molecule is COc1ccccc1CC(=O)Nc1ccc2c(c1)NC(=O)C(C)O2. The first-order chi connectivity index (χ1) is 11.6. The molecule has 2 N–H and O–H groups in total. The number of carbonyl (C=O) groups is 2. The average Bonchev–Trinajstić information content (AvgIpc) is 2.56. The van der Waals surface area contributed by atoms with Crippen LogP contribution >= 0.6 is 0 Å². The molecule has 24 heavy (non-hydrogen) atoms. The molecular formula is C18H18N2O4. The van der Waals surface area contributed by atoms with Crippen molar-refractivity contribution in [2.75, 3.05) is 17.7 Å². The topological polar surface area (TPSA) is 76.7 Å². The van der Waals surface area contributed by atoms with Crippen molar-refractivity contribution < 1.29 is 19.1 Å². The van der Waals surface area contributed by atoms with Crippen LogP contribution in [0.25, 0.3) is 0 Å². The summed E-state index contributed by atoms with van der Waals surface area (Å²) in [7, 11) is 1.57. The van der Waals surface area contributed by atoms with Crippen molar-refractivity contribution in [1.82, 2.24) is 0 Å². The van der Waals surface area contributed by atoms with E-state index in [2.05, 4.69) is 10.6 Å². The van der Waals surface area contributed by atoms with Crippen molar-refractivity contribution in [3.05, 3.63) is 48.0 Å². The maximum atomic E-state index is 12.2. The average molecular weight is 326 g/mol. The summed E-state index contributed by atoms with van der Waals surface area (Å²) >= 11 is 0. The zero-order valence-electron chi connectivity index (χ0n) is 13.5. The molecule has 0 aliphatic carbocycles. The van der Waals surface area contributed by atoms with Crippen molar-refractivity contribution in [2.45, 2.75) is 19.4 Å². The minimum atomic E-state index is -0.525. The molecular weight excluding hydrogens is 308 g/mol. The highest BCUT2D eigenvalue weighted by atomic mass is 16.5. The van der Waals surface area contributed by atoms with Gasteiger partial charge < -0.3 is 20.1 Å². The van der Waals surface area contributed by atoms with Crippen LogP contribution in [0.5, 0.6) is 11.5 Å². The Morgan fingerprint density at radius 1 is 1.29 bits per heavy atom. The summed E-state index contributed by atoms with van der Waals surface area (Å²) in [6, 6.07) is 12.5. The van der Waals surface area contributed by atoms with Crippen molar-refractivity contribution >= 4 is 23.2 Å². The van der Waals surface area contributed by atoms with Gasteiger partial charge in [0.25, 0.3) is 5.91 Å². The molecule has 6 heteroatoms. The Balaban J connectivity index is 1.71. The lowest BCUT2D eigenvalue weighted by Crippen LogP contribution is -2.34. The monoisotopic (exact) mass is 326 g/mol. The molecule has 0 spiro atoms. The summed E-state index contributed by atoms with van der Waals surface area (Å²) in [6.07, 6.45) is -0.329. The number of hydrogen-bond acceptors (Lipinski definition) is 4. The summed E-state index contributed by atoms with van der Waals surface area (Å²) in [4.78, 5) is 23.9. The molecule has 0 saturated carbocycles. The van der Waals surface area contributed by atoms with Gasteiger partial charge in [0.2, 0.25) is 5.91 Å². The van der Waals surface area contributed by atoms with Gasteiger partial charge in [0, 0.05) is 11.3 Å². The minimum Gasteiger partial charge on any atom is -0.496 e. The molecule has 1 unspecified atom stereocenters. The quantitative estimate of drug-likeness (QED) is 0.905. The first kappa shape index (κ1) is 15.9. The maximum absolute atomic E-state index is 12.2. The summed E-state index contributed by atoms with van der Waals surface area (Å²) in [5, 5.41) is 5.57. The van der Waals surface area contributed by atoms with E-state index in [-0.39, 0.29) is 18.2 Å². The molecule has 0 saturated heterocycles. The highest BCUT2D eigenvalue weighted by Gasteiger charge is 2.23. The molecule has 0 bridgehead atoms. The number of para-hydroxylation sites is 1. The third kappa shape index (κ3) is 3.32. The van der Waals surface area contributed by atoms with E-state index in [1.54, 1.807) is 32.2 Å². The number of benzene rings is 2. The maximum Gasteiger partial charge on any atom is 0.265 e. The van der Waals surface area contributed by atoms with Crippen LogP contribution in [0.15, 0.2) is 42.5 Å². The van der Waals surface area contributed by atoms with E-state index in [9.17, 15) is 9.59 Å². The Morgan fingerprint density at radius 2 is 2.08 bits per heavy atom. The first-order valence-electron chi connectivity index (χ1n) is 7.60. The van der Waals surface area contributed by atoms with E-state index < -0.39 is 6.10 Å². The number of rotatable bonds is 4. The zero-order chi connectivity index (χ0) is 17.1. The minimum absolute atomic E-state index is 0.170. The number of methoxy groups -OCH3 is 1. The van der Waals surface area contributed by atoms with E-state index in [0.29, 0.717) is 22.9 Å². The van der Waals surface area contributed by atoms with Gasteiger partial charge in [-0.25, -0.2) is 0 Å². The number of hydrogen-bond donors (Lipinski definition) is 2. The van der Waals surface area contributed by atoms with E-state index in [4.69, 9.17) is 9.47 Å². The molecule has 1 aliphatic rings. The van der Waals surface area contributed by atoms with Crippen molar-refractivity contribution in [1.29, 1.82) is 0 Å². The molecule has 0 radical (unpaired) electrons. The molecule has 1 atom stereocenters. The van der Waals surface area contributed by atoms with Crippen LogP contribution in [0.2, 0.25) is 0 Å². The van der Waals surface area contributed by atoms with E-state index in [1.807, 2.05) is 24.3 Å². The van der Waals surface area contributed by atoms with Crippen LogP contribution in [0.4, 0.5) is 11.4 Å². The predicted octanol–water partition coefficient (Wildman–Crippen LogP) is 2.60. The lowest BCUT2D eigenvalue weighted by molar-refractivity contribution is -0.122. The van der Waals surface area contributed by atoms with Crippen molar-refractivity contribution in [3.63, 3.8) is 0 Å². The molecule has 6 nitrogen and oxygen atoms in total. The van der Waals surface area contributed by atoms with E-state index >= 15 is 0 Å². The molecule has 2 aromatic rings. The van der Waals surface area contributed by atoms with Gasteiger partial charge in [-0.2, -0.15) is 0 Å². The fourth-order valence-electron chi connectivity index (χ4n) is 2.51. The van der Waals surface area contributed by atoms with Crippen molar-refractivity contribution in [2.24, 2.45) is 0 Å². The first-order valence-corrected chi connectivity index (χ1v) is 7.60. The van der Waals surface area contributed by atoms with E-state index in [0.717, 1.165) is 5.56 Å². The molecule has 0 fully saturated rings. The Hall–Kier alpha value is -3.02. The number of carbonyl (C=O) groups excluding carboxylic acids is 2. The Labute approximate surface area is 139 Å². The van der Waals surface area contributed by atoms with Gasteiger partial charge in [0.15, 0.2) is 6.10 Å². The summed E-state index contributed by atoms with van der Waals surface area (Å²) in [5.41, 5.74) is 1.95. The molecule has 2 aromatic carbocycles. The Morgan fingerprint density at radius 3 is 2.88 bits per heavy atom. The van der Waals surface area contributed by atoms with Gasteiger partial charge in [-0.15, -0.1) is 0 Å². The van der Waals surface area contributed by atoms with Gasteiger partial charge in [0.1, 0.15) is 11.5 Å². The normalized spacial score (nSPS) is 15.8. The second-order valence-electron chi connectivity index (χ2n) is 5.50. The van der Waals surface area contributed by atoms with Crippen LogP contribution in [0, 0.1) is 0 Å². The standard InChI is InChI=1S/C18H18N2O4/c1-11-18(22)20-14-10-13(7-8-16(14)24-11)19-17(21)9-12-5-3-4-6-15(12)23-2/h3-8,10-11H,9H2,1-2H3,(H,19,21)(H,20,22). The second kappa shape index (κ2) is 6.62. The lowest BCUT2D eigenvalue weighted by Gasteiger charge is -2.23. The Bertz CT molecular complexity index is 788. The lowest BCUT2D eigenvalue weighted by atomic mass is 10.1. The van der Waals surface area contributed by atoms with Gasteiger partial charge in [0.05, 0.1) is 19.2 Å². The molecule has 1 aliphatic heterocycles. The second-order valence-corrected chi connectivity index (χ2v) is 5.50. The van der Waals surface area contributed by atoms with Gasteiger partial charge in [-0.1, -0.05) is 18.2 Å². The third-order valence-electron chi connectivity index (χ3n) is 3.74. The smallest absolute Gasteiger partial charge is 0.265 e. The summed E-state index contributed by atoms with van der Waals surface area (Å²) < 4.78 is 10.7. The fraction of sp³-hybridized carbons (Fsp3) is 0.222. The molecule has 2 amide bonds. The third-order valence-corrected chi connectivity index (χ3v) is 3.74. The fourth-order valence-corrected chi connectivity index (χ4v) is 2.51. The molecule has 0 aromatic heterocycles. The van der Waals surface area contributed by atoms with Crippen molar-refractivity contribution in [3.8, 4) is 11.5 Å². The van der Waals surface area contributed by atoms with E-state index in [1.165, 1.54) is 0 Å². The zero-order valence-corrected chi connectivity index (χ0v) is 13.5. The van der Waals surface area contributed by atoms with Gasteiger partial charge in [-0.3, -0.25) is 9.59 Å². The Kier molecular flexibility index (Phi) is 4.37. The van der Waals surface area contributed by atoms with Crippen LogP contribution in [0.1, 0.15) is 12.5 Å².